The summed E-state index contributed by atoms with van der Waals surface area (Å²) in [6.45, 7) is -0.199. The number of nitro benzene ring substituents is 1. The third-order valence-corrected chi connectivity index (χ3v) is 3.46. The van der Waals surface area contributed by atoms with E-state index in [0.29, 0.717) is 5.75 Å². The van der Waals surface area contributed by atoms with Crippen molar-refractivity contribution in [2.24, 2.45) is 0 Å². The van der Waals surface area contributed by atoms with Gasteiger partial charge in [-0.3, -0.25) is 14.9 Å². The molecule has 114 valence electrons. The van der Waals surface area contributed by atoms with Crippen molar-refractivity contribution in [3.8, 4) is 5.75 Å². The number of non-ortho nitro benzene ring substituents is 1. The molecule has 2 rings (SSSR count). The van der Waals surface area contributed by atoms with E-state index in [1.54, 1.807) is 24.3 Å². The van der Waals surface area contributed by atoms with Gasteiger partial charge in [-0.1, -0.05) is 27.5 Å². The van der Waals surface area contributed by atoms with Crippen molar-refractivity contribution in [2.45, 2.75) is 0 Å². The Hall–Kier alpha value is -2.12. The maximum absolute atomic E-state index is 11.8. The summed E-state index contributed by atoms with van der Waals surface area (Å²) in [4.78, 5) is 21.8. The SMILES string of the molecule is O=C(COc1ccc(Br)cc1)Nc1ccc([N+](=O)[O-])cc1Cl. The molecule has 2 aromatic rings. The Kier molecular flexibility index (Phi) is 5.35. The summed E-state index contributed by atoms with van der Waals surface area (Å²) in [6, 6.07) is 10.8. The predicted molar refractivity (Wildman–Crippen MR) is 86.4 cm³/mol. The van der Waals surface area contributed by atoms with Gasteiger partial charge in [0.1, 0.15) is 5.75 Å². The number of rotatable bonds is 5. The zero-order chi connectivity index (χ0) is 16.1. The van der Waals surface area contributed by atoms with E-state index in [0.717, 1.165) is 4.47 Å². The Balaban J connectivity index is 1.94. The molecule has 1 amide bonds. The van der Waals surface area contributed by atoms with Gasteiger partial charge in [-0.15, -0.1) is 0 Å². The van der Waals surface area contributed by atoms with Crippen LogP contribution in [0.3, 0.4) is 0 Å². The van der Waals surface area contributed by atoms with Crippen LogP contribution in [-0.4, -0.2) is 17.4 Å². The van der Waals surface area contributed by atoms with E-state index >= 15 is 0 Å². The van der Waals surface area contributed by atoms with Crippen LogP contribution in [-0.2, 0) is 4.79 Å². The molecule has 0 fully saturated rings. The Morgan fingerprint density at radius 3 is 2.55 bits per heavy atom. The average molecular weight is 386 g/mol. The third kappa shape index (κ3) is 4.44. The highest BCUT2D eigenvalue weighted by molar-refractivity contribution is 9.10. The lowest BCUT2D eigenvalue weighted by atomic mass is 10.3. The summed E-state index contributed by atoms with van der Waals surface area (Å²) < 4.78 is 6.22. The molecule has 0 unspecified atom stereocenters. The molecule has 0 bridgehead atoms. The molecule has 0 aromatic heterocycles. The van der Waals surface area contributed by atoms with Crippen LogP contribution in [0.4, 0.5) is 11.4 Å². The minimum absolute atomic E-state index is 0.0891. The zero-order valence-corrected chi connectivity index (χ0v) is 13.4. The van der Waals surface area contributed by atoms with E-state index in [9.17, 15) is 14.9 Å². The first-order valence-corrected chi connectivity index (χ1v) is 7.25. The number of ether oxygens (including phenoxy) is 1. The third-order valence-electron chi connectivity index (χ3n) is 2.62. The smallest absolute Gasteiger partial charge is 0.271 e. The van der Waals surface area contributed by atoms with Gasteiger partial charge in [-0.05, 0) is 30.3 Å². The molecule has 0 atom stereocenters. The van der Waals surface area contributed by atoms with Crippen LogP contribution in [0.1, 0.15) is 0 Å². The van der Waals surface area contributed by atoms with E-state index in [1.165, 1.54) is 18.2 Å². The number of nitro groups is 1. The first-order chi connectivity index (χ1) is 10.5. The molecule has 2 aromatic carbocycles. The summed E-state index contributed by atoms with van der Waals surface area (Å²) in [5.41, 5.74) is 0.144. The van der Waals surface area contributed by atoms with E-state index in [2.05, 4.69) is 21.2 Å². The number of halogens is 2. The summed E-state index contributed by atoms with van der Waals surface area (Å²) in [6.07, 6.45) is 0. The highest BCUT2D eigenvalue weighted by atomic mass is 79.9. The number of benzene rings is 2. The first kappa shape index (κ1) is 16.3. The molecule has 0 saturated heterocycles. The van der Waals surface area contributed by atoms with Crippen molar-refractivity contribution in [2.75, 3.05) is 11.9 Å². The van der Waals surface area contributed by atoms with Crippen LogP contribution < -0.4 is 10.1 Å². The summed E-state index contributed by atoms with van der Waals surface area (Å²) in [5.74, 6) is 0.131. The largest absolute Gasteiger partial charge is 0.484 e. The van der Waals surface area contributed by atoms with Gasteiger partial charge in [-0.25, -0.2) is 0 Å². The molecule has 0 aliphatic heterocycles. The molecule has 8 heteroatoms. The lowest BCUT2D eigenvalue weighted by molar-refractivity contribution is -0.384. The number of nitrogens with zero attached hydrogens (tertiary/aromatic N) is 1. The number of anilines is 1. The molecule has 0 aliphatic rings. The first-order valence-electron chi connectivity index (χ1n) is 6.08. The number of carbonyl (C=O) groups excluding carboxylic acids is 1. The molecule has 0 radical (unpaired) electrons. The van der Waals surface area contributed by atoms with Crippen LogP contribution in [0.2, 0.25) is 5.02 Å². The van der Waals surface area contributed by atoms with Crippen molar-refractivity contribution in [3.05, 3.63) is 62.1 Å². The molecule has 0 heterocycles. The molecule has 0 spiro atoms. The van der Waals surface area contributed by atoms with Crippen molar-refractivity contribution in [1.82, 2.24) is 0 Å². The maximum Gasteiger partial charge on any atom is 0.271 e. The molecule has 0 aliphatic carbocycles. The van der Waals surface area contributed by atoms with E-state index in [1.807, 2.05) is 0 Å². The highest BCUT2D eigenvalue weighted by Gasteiger charge is 2.11. The monoisotopic (exact) mass is 384 g/mol. The number of carbonyl (C=O) groups is 1. The van der Waals surface area contributed by atoms with Gasteiger partial charge in [0, 0.05) is 16.6 Å². The van der Waals surface area contributed by atoms with Gasteiger partial charge in [-0.2, -0.15) is 0 Å². The molecule has 22 heavy (non-hydrogen) atoms. The van der Waals surface area contributed by atoms with Crippen LogP contribution in [0, 0.1) is 10.1 Å². The van der Waals surface area contributed by atoms with E-state index < -0.39 is 10.8 Å². The fourth-order valence-electron chi connectivity index (χ4n) is 1.58. The molecule has 1 N–H and O–H groups in total. The van der Waals surface area contributed by atoms with Crippen molar-refractivity contribution in [1.29, 1.82) is 0 Å². The quantitative estimate of drug-likeness (QED) is 0.622. The van der Waals surface area contributed by atoms with Gasteiger partial charge < -0.3 is 10.1 Å². The van der Waals surface area contributed by atoms with Crippen LogP contribution in [0.25, 0.3) is 0 Å². The standard InChI is InChI=1S/C14H10BrClN2O4/c15-9-1-4-11(5-2-9)22-8-14(19)17-13-6-3-10(18(20)21)7-12(13)16/h1-7H,8H2,(H,17,19). The number of hydrogen-bond acceptors (Lipinski definition) is 4. The van der Waals surface area contributed by atoms with Crippen molar-refractivity contribution >= 4 is 44.8 Å². The second kappa shape index (κ2) is 7.24. The Morgan fingerprint density at radius 1 is 1.27 bits per heavy atom. The Morgan fingerprint density at radius 2 is 1.95 bits per heavy atom. The zero-order valence-electron chi connectivity index (χ0n) is 11.1. The summed E-state index contributed by atoms with van der Waals surface area (Å²) in [7, 11) is 0. The lowest BCUT2D eigenvalue weighted by Gasteiger charge is -2.08. The number of amides is 1. The van der Waals surface area contributed by atoms with E-state index in [4.69, 9.17) is 16.3 Å². The van der Waals surface area contributed by atoms with Crippen LogP contribution in [0.15, 0.2) is 46.9 Å². The summed E-state index contributed by atoms with van der Waals surface area (Å²) in [5, 5.41) is 13.2. The predicted octanol–water partition coefficient (Wildman–Crippen LogP) is 4.03. The van der Waals surface area contributed by atoms with Crippen LogP contribution in [0.5, 0.6) is 5.75 Å². The number of nitrogens with one attached hydrogen (secondary N) is 1. The second-order valence-corrected chi connectivity index (χ2v) is 5.53. The minimum atomic E-state index is -0.561. The van der Waals surface area contributed by atoms with E-state index in [-0.39, 0.29) is 23.0 Å². The fraction of sp³-hybridized carbons (Fsp3) is 0.0714. The molecular weight excluding hydrogens is 376 g/mol. The van der Waals surface area contributed by atoms with Crippen molar-refractivity contribution < 1.29 is 14.5 Å². The molecular formula is C14H10BrClN2O4. The van der Waals surface area contributed by atoms with Gasteiger partial charge in [0.15, 0.2) is 6.61 Å². The summed E-state index contributed by atoms with van der Waals surface area (Å²) >= 11 is 9.18. The molecule has 6 nitrogen and oxygen atoms in total. The topological polar surface area (TPSA) is 81.5 Å². The van der Waals surface area contributed by atoms with Gasteiger partial charge in [0.05, 0.1) is 15.6 Å². The van der Waals surface area contributed by atoms with Gasteiger partial charge in [0.25, 0.3) is 11.6 Å². The maximum atomic E-state index is 11.8. The van der Waals surface area contributed by atoms with Gasteiger partial charge >= 0.3 is 0 Å². The fourth-order valence-corrected chi connectivity index (χ4v) is 2.07. The number of hydrogen-bond donors (Lipinski definition) is 1. The highest BCUT2D eigenvalue weighted by Crippen LogP contribution is 2.26. The normalized spacial score (nSPS) is 10.1. The second-order valence-electron chi connectivity index (χ2n) is 4.21. The van der Waals surface area contributed by atoms with Crippen LogP contribution >= 0.6 is 27.5 Å². The van der Waals surface area contributed by atoms with Gasteiger partial charge in [0.2, 0.25) is 0 Å². The average Bonchev–Trinajstić information content (AvgIpc) is 2.48. The lowest BCUT2D eigenvalue weighted by Crippen LogP contribution is -2.20. The Bertz CT molecular complexity index is 706. The minimum Gasteiger partial charge on any atom is -0.484 e. The molecule has 0 saturated carbocycles. The Labute approximate surface area is 139 Å². The van der Waals surface area contributed by atoms with Crippen molar-refractivity contribution in [3.63, 3.8) is 0 Å².